The number of carboxylic acid groups (broad SMARTS) is 2. The van der Waals surface area contributed by atoms with Crippen LogP contribution in [0.15, 0.2) is 24.3 Å². The molecule has 1 aromatic carbocycles. The summed E-state index contributed by atoms with van der Waals surface area (Å²) in [6.07, 6.45) is 0. The van der Waals surface area contributed by atoms with Gasteiger partial charge in [-0.1, -0.05) is 0 Å². The number of aromatic carboxylic acids is 2. The number of carboxylic acids is 2. The summed E-state index contributed by atoms with van der Waals surface area (Å²) >= 11 is 0. The summed E-state index contributed by atoms with van der Waals surface area (Å²) in [5.74, 6) is -2.13. The zero-order valence-electron chi connectivity index (χ0n) is 6.02. The van der Waals surface area contributed by atoms with Crippen molar-refractivity contribution in [2.75, 3.05) is 0 Å². The number of hydrogen-bond donors (Lipinski definition) is 2. The molecule has 0 aliphatic rings. The second-order valence-electron chi connectivity index (χ2n) is 2.19. The fourth-order valence-electron chi connectivity index (χ4n) is 0.755. The van der Waals surface area contributed by atoms with Gasteiger partial charge in [0.1, 0.15) is 0 Å². The quantitative estimate of drug-likeness (QED) is 0.663. The maximum absolute atomic E-state index is 10.3. The molecule has 0 radical (unpaired) electrons. The zero-order valence-corrected chi connectivity index (χ0v) is 6.02. The van der Waals surface area contributed by atoms with Crippen molar-refractivity contribution in [3.05, 3.63) is 35.4 Å². The molecule has 0 heterocycles. The zero-order chi connectivity index (χ0) is 9.14. The van der Waals surface area contributed by atoms with Crippen LogP contribution in [0.25, 0.3) is 0 Å². The molecule has 0 aliphatic carbocycles. The molecule has 13 heavy (non-hydrogen) atoms. The van der Waals surface area contributed by atoms with Crippen molar-refractivity contribution in [2.45, 2.75) is 0 Å². The predicted molar refractivity (Wildman–Crippen MR) is 47.5 cm³/mol. The van der Waals surface area contributed by atoms with Crippen LogP contribution < -0.4 is 0 Å². The van der Waals surface area contributed by atoms with Gasteiger partial charge in [-0.15, -0.1) is 0 Å². The van der Waals surface area contributed by atoms with Crippen molar-refractivity contribution in [3.8, 4) is 0 Å². The fourth-order valence-corrected chi connectivity index (χ4v) is 0.755. The summed E-state index contributed by atoms with van der Waals surface area (Å²) in [5, 5.41) is 16.9. The van der Waals surface area contributed by atoms with E-state index < -0.39 is 11.9 Å². The van der Waals surface area contributed by atoms with Crippen molar-refractivity contribution in [1.29, 1.82) is 0 Å². The van der Waals surface area contributed by atoms with Gasteiger partial charge in [0.15, 0.2) is 0 Å². The molecule has 0 bridgehead atoms. The van der Waals surface area contributed by atoms with Crippen molar-refractivity contribution < 1.29 is 19.8 Å². The molecule has 0 spiro atoms. The van der Waals surface area contributed by atoms with E-state index in [-0.39, 0.29) is 40.7 Å². The van der Waals surface area contributed by atoms with Crippen molar-refractivity contribution >= 4 is 41.5 Å². The van der Waals surface area contributed by atoms with Gasteiger partial charge in [-0.05, 0) is 24.3 Å². The Morgan fingerprint density at radius 3 is 1.23 bits per heavy atom. The minimum atomic E-state index is -1.06. The van der Waals surface area contributed by atoms with E-state index in [9.17, 15) is 9.59 Å². The molecule has 4 nitrogen and oxygen atoms in total. The molecule has 1 aromatic rings. The molecule has 0 saturated heterocycles. The van der Waals surface area contributed by atoms with E-state index in [1.165, 1.54) is 24.3 Å². The van der Waals surface area contributed by atoms with Crippen LogP contribution in [0, 0.1) is 0 Å². The summed E-state index contributed by atoms with van der Waals surface area (Å²) in [5.41, 5.74) is 0.167. The average molecular weight is 190 g/mol. The third kappa shape index (κ3) is 3.18. The Labute approximate surface area is 96.5 Å². The van der Waals surface area contributed by atoms with Crippen LogP contribution >= 0.6 is 0 Å². The monoisotopic (exact) mass is 190 g/mol. The van der Waals surface area contributed by atoms with Gasteiger partial charge < -0.3 is 10.2 Å². The SMILES string of the molecule is O=C(O)c1ccc(C(=O)O)cc1.[NaH]. The Morgan fingerprint density at radius 2 is 1.08 bits per heavy atom. The van der Waals surface area contributed by atoms with E-state index in [1.54, 1.807) is 0 Å². The Hall–Kier alpha value is -0.840. The first-order chi connectivity index (χ1) is 5.61. The third-order valence-corrected chi connectivity index (χ3v) is 1.38. The summed E-state index contributed by atoms with van der Waals surface area (Å²) < 4.78 is 0. The molecule has 0 atom stereocenters. The number of carbonyl (C=O) groups is 2. The molecule has 0 unspecified atom stereocenters. The molecule has 0 amide bonds. The molecule has 0 aromatic heterocycles. The average Bonchev–Trinajstić information content (AvgIpc) is 2.04. The van der Waals surface area contributed by atoms with Crippen LogP contribution in [-0.2, 0) is 0 Å². The Morgan fingerprint density at radius 1 is 0.846 bits per heavy atom. The van der Waals surface area contributed by atoms with Gasteiger partial charge in [0.25, 0.3) is 0 Å². The second-order valence-corrected chi connectivity index (χ2v) is 2.19. The van der Waals surface area contributed by atoms with Gasteiger partial charge in [-0.3, -0.25) is 0 Å². The summed E-state index contributed by atoms with van der Waals surface area (Å²) in [6.45, 7) is 0. The molecule has 0 fully saturated rings. The van der Waals surface area contributed by atoms with Crippen LogP contribution in [0.5, 0.6) is 0 Å². The first-order valence-corrected chi connectivity index (χ1v) is 3.18. The van der Waals surface area contributed by atoms with E-state index >= 15 is 0 Å². The summed E-state index contributed by atoms with van der Waals surface area (Å²) in [4.78, 5) is 20.7. The fraction of sp³-hybridized carbons (Fsp3) is 0. The molecule has 64 valence electrons. The molecule has 2 N–H and O–H groups in total. The summed E-state index contributed by atoms with van der Waals surface area (Å²) in [6, 6.07) is 5.02. The van der Waals surface area contributed by atoms with Crippen LogP contribution in [-0.4, -0.2) is 51.7 Å². The van der Waals surface area contributed by atoms with Crippen molar-refractivity contribution in [3.63, 3.8) is 0 Å². The second kappa shape index (κ2) is 5.01. The number of benzene rings is 1. The number of hydrogen-bond acceptors (Lipinski definition) is 2. The van der Waals surface area contributed by atoms with Crippen LogP contribution in [0.2, 0.25) is 0 Å². The van der Waals surface area contributed by atoms with Crippen LogP contribution in [0.4, 0.5) is 0 Å². The molecule has 0 aliphatic heterocycles. The van der Waals surface area contributed by atoms with Gasteiger partial charge >= 0.3 is 41.5 Å². The molecule has 1 rings (SSSR count). The van der Waals surface area contributed by atoms with E-state index in [4.69, 9.17) is 10.2 Å². The Bertz CT molecular complexity index is 284. The van der Waals surface area contributed by atoms with Gasteiger partial charge in [-0.2, -0.15) is 0 Å². The molecule has 0 saturated carbocycles. The van der Waals surface area contributed by atoms with Gasteiger partial charge in [0.05, 0.1) is 11.1 Å². The van der Waals surface area contributed by atoms with Gasteiger partial charge in [-0.25, -0.2) is 9.59 Å². The van der Waals surface area contributed by atoms with Crippen LogP contribution in [0.1, 0.15) is 20.7 Å². The first kappa shape index (κ1) is 12.2. The normalized spacial score (nSPS) is 8.62. The molecule has 5 heteroatoms. The first-order valence-electron chi connectivity index (χ1n) is 3.18. The van der Waals surface area contributed by atoms with Gasteiger partial charge in [0.2, 0.25) is 0 Å². The van der Waals surface area contributed by atoms with Gasteiger partial charge in [0, 0.05) is 0 Å². The third-order valence-electron chi connectivity index (χ3n) is 1.38. The van der Waals surface area contributed by atoms with E-state index in [0.717, 1.165) is 0 Å². The predicted octanol–water partition coefficient (Wildman–Crippen LogP) is 0.434. The Kier molecular flexibility index (Phi) is 4.69. The topological polar surface area (TPSA) is 74.6 Å². The van der Waals surface area contributed by atoms with E-state index in [1.807, 2.05) is 0 Å². The standard InChI is InChI=1S/C8H6O4.Na.H/c9-7(10)5-1-2-6(4-3-5)8(11)12;;/h1-4H,(H,9,10)(H,11,12);;. The molecular weight excluding hydrogens is 183 g/mol. The summed E-state index contributed by atoms with van der Waals surface area (Å²) in [7, 11) is 0. The van der Waals surface area contributed by atoms with Crippen LogP contribution in [0.3, 0.4) is 0 Å². The maximum atomic E-state index is 10.3. The van der Waals surface area contributed by atoms with Crippen molar-refractivity contribution in [1.82, 2.24) is 0 Å². The molecular formula is C8H7NaO4. The Balaban J connectivity index is 0.00000144. The van der Waals surface area contributed by atoms with E-state index in [2.05, 4.69) is 0 Å². The number of rotatable bonds is 2. The van der Waals surface area contributed by atoms with E-state index in [0.29, 0.717) is 0 Å². The minimum absolute atomic E-state index is 0. The van der Waals surface area contributed by atoms with Crippen molar-refractivity contribution in [2.24, 2.45) is 0 Å².